The summed E-state index contributed by atoms with van der Waals surface area (Å²) in [7, 11) is 1.58. The van der Waals surface area contributed by atoms with Crippen molar-refractivity contribution in [1.29, 1.82) is 0 Å². The zero-order chi connectivity index (χ0) is 18.1. The first kappa shape index (κ1) is 17.8. The van der Waals surface area contributed by atoms with Gasteiger partial charge in [-0.3, -0.25) is 9.78 Å². The van der Waals surface area contributed by atoms with Gasteiger partial charge in [0.1, 0.15) is 0 Å². The maximum Gasteiger partial charge on any atom is 0.256 e. The number of benzene rings is 1. The van der Waals surface area contributed by atoms with Gasteiger partial charge in [0.2, 0.25) is 0 Å². The van der Waals surface area contributed by atoms with Crippen LogP contribution in [0.4, 0.5) is 5.69 Å². The number of pyridine rings is 1. The number of hydrogen-bond acceptors (Lipinski definition) is 4. The molecular weight excluding hydrogens is 363 g/mol. The number of fused-ring (bicyclic) bond motifs is 1. The Morgan fingerprint density at radius 1 is 1.32 bits per heavy atom. The molecule has 1 unspecified atom stereocenters. The lowest BCUT2D eigenvalue weighted by molar-refractivity contribution is 0.102. The molecule has 0 fully saturated rings. The highest BCUT2D eigenvalue weighted by molar-refractivity contribution is 6.39. The quantitative estimate of drug-likeness (QED) is 0.828. The van der Waals surface area contributed by atoms with E-state index in [4.69, 9.17) is 32.7 Å². The molecule has 5 nitrogen and oxygen atoms in total. The third-order valence-corrected chi connectivity index (χ3v) is 4.87. The Labute approximate surface area is 156 Å². The molecule has 0 radical (unpaired) electrons. The Balaban J connectivity index is 2.03. The van der Waals surface area contributed by atoms with Gasteiger partial charge < -0.3 is 14.8 Å². The largest absolute Gasteiger partial charge is 0.493 e. The summed E-state index contributed by atoms with van der Waals surface area (Å²) < 4.78 is 11.2. The molecule has 2 aromatic rings. The Hall–Kier alpha value is -1.98. The van der Waals surface area contributed by atoms with Gasteiger partial charge in [0.25, 0.3) is 5.91 Å². The van der Waals surface area contributed by atoms with Crippen LogP contribution in [0.5, 0.6) is 11.5 Å². The zero-order valence-electron chi connectivity index (χ0n) is 14.1. The van der Waals surface area contributed by atoms with Gasteiger partial charge in [-0.1, -0.05) is 37.0 Å². The van der Waals surface area contributed by atoms with Crippen molar-refractivity contribution in [2.45, 2.75) is 19.8 Å². The van der Waals surface area contributed by atoms with Gasteiger partial charge in [-0.25, -0.2) is 0 Å². The van der Waals surface area contributed by atoms with Gasteiger partial charge in [-0.05, 0) is 18.1 Å². The number of nitrogens with zero attached hydrogens (tertiary/aromatic N) is 1. The lowest BCUT2D eigenvalue weighted by atomic mass is 9.86. The fraction of sp³-hybridized carbons (Fsp3) is 0.333. The second kappa shape index (κ2) is 7.10. The van der Waals surface area contributed by atoms with Crippen molar-refractivity contribution in [3.63, 3.8) is 0 Å². The number of ether oxygens (including phenoxy) is 2. The predicted molar refractivity (Wildman–Crippen MR) is 98.3 cm³/mol. The van der Waals surface area contributed by atoms with Crippen LogP contribution < -0.4 is 14.8 Å². The van der Waals surface area contributed by atoms with Crippen LogP contribution in [-0.4, -0.2) is 24.6 Å². The van der Waals surface area contributed by atoms with Gasteiger partial charge in [-0.15, -0.1) is 0 Å². The minimum Gasteiger partial charge on any atom is -0.493 e. The van der Waals surface area contributed by atoms with E-state index in [0.717, 1.165) is 5.56 Å². The predicted octanol–water partition coefficient (Wildman–Crippen LogP) is 4.78. The first-order valence-corrected chi connectivity index (χ1v) is 8.63. The van der Waals surface area contributed by atoms with E-state index in [-0.39, 0.29) is 21.9 Å². The standard InChI is InChI=1S/C18H18Cl2N2O3/c1-9(2)11-8-25-17-14(24-3)5-4-10(15(11)17)18(23)22-16-12(19)6-21-7-13(16)20/h4-7,9,11H,8H2,1-3H3,(H,21,22,23). The number of nitrogens with one attached hydrogen (secondary N) is 1. The molecule has 0 aliphatic carbocycles. The molecule has 0 saturated carbocycles. The molecule has 1 atom stereocenters. The molecule has 1 N–H and O–H groups in total. The number of amides is 1. The summed E-state index contributed by atoms with van der Waals surface area (Å²) in [4.78, 5) is 16.8. The average Bonchev–Trinajstić information content (AvgIpc) is 3.02. The first-order chi connectivity index (χ1) is 11.9. The Bertz CT molecular complexity index is 804. The van der Waals surface area contributed by atoms with Crippen LogP contribution in [0.1, 0.15) is 35.7 Å². The highest BCUT2D eigenvalue weighted by atomic mass is 35.5. The molecule has 3 rings (SSSR count). The normalized spacial score (nSPS) is 15.7. The zero-order valence-corrected chi connectivity index (χ0v) is 15.6. The monoisotopic (exact) mass is 380 g/mol. The topological polar surface area (TPSA) is 60.5 Å². The van der Waals surface area contributed by atoms with Crippen LogP contribution in [0.3, 0.4) is 0 Å². The smallest absolute Gasteiger partial charge is 0.256 e. The number of halogens is 2. The van der Waals surface area contributed by atoms with E-state index in [2.05, 4.69) is 24.1 Å². The molecule has 25 heavy (non-hydrogen) atoms. The van der Waals surface area contributed by atoms with Crippen molar-refractivity contribution in [1.82, 2.24) is 4.98 Å². The Kier molecular flexibility index (Phi) is 5.06. The molecule has 1 amide bonds. The number of methoxy groups -OCH3 is 1. The van der Waals surface area contributed by atoms with Crippen molar-refractivity contribution < 1.29 is 14.3 Å². The maximum atomic E-state index is 12.9. The van der Waals surface area contributed by atoms with Gasteiger partial charge in [0.15, 0.2) is 11.5 Å². The third kappa shape index (κ3) is 3.26. The minimum atomic E-state index is -0.301. The molecule has 0 bridgehead atoms. The van der Waals surface area contributed by atoms with Crippen molar-refractivity contribution in [3.05, 3.63) is 45.7 Å². The van der Waals surface area contributed by atoms with E-state index in [0.29, 0.717) is 35.3 Å². The Morgan fingerprint density at radius 2 is 2.00 bits per heavy atom. The van der Waals surface area contributed by atoms with Crippen LogP contribution in [-0.2, 0) is 0 Å². The number of carbonyl (C=O) groups is 1. The lowest BCUT2D eigenvalue weighted by Gasteiger charge is -2.17. The summed E-state index contributed by atoms with van der Waals surface area (Å²) in [5.74, 6) is 1.36. The van der Waals surface area contributed by atoms with E-state index in [9.17, 15) is 4.79 Å². The van der Waals surface area contributed by atoms with Gasteiger partial charge in [0, 0.05) is 29.4 Å². The fourth-order valence-electron chi connectivity index (χ4n) is 2.95. The van der Waals surface area contributed by atoms with Crippen molar-refractivity contribution in [3.8, 4) is 11.5 Å². The first-order valence-electron chi connectivity index (χ1n) is 7.88. The highest BCUT2D eigenvalue weighted by Gasteiger charge is 2.34. The number of hydrogen-bond donors (Lipinski definition) is 1. The van der Waals surface area contributed by atoms with Crippen molar-refractivity contribution in [2.24, 2.45) is 5.92 Å². The number of aromatic nitrogens is 1. The summed E-state index contributed by atoms with van der Waals surface area (Å²) in [6.45, 7) is 4.71. The molecule has 1 aromatic heterocycles. The fourth-order valence-corrected chi connectivity index (χ4v) is 3.41. The van der Waals surface area contributed by atoms with E-state index in [1.165, 1.54) is 12.4 Å². The number of rotatable bonds is 4. The molecule has 1 aromatic carbocycles. The molecule has 0 spiro atoms. The van der Waals surface area contributed by atoms with Gasteiger partial charge in [0.05, 0.1) is 29.4 Å². The SMILES string of the molecule is COc1ccc(C(=O)Nc2c(Cl)cncc2Cl)c2c1OCC2C(C)C. The second-order valence-corrected chi connectivity index (χ2v) is 6.97. The molecular formula is C18H18Cl2N2O3. The summed E-state index contributed by atoms with van der Waals surface area (Å²) in [5, 5.41) is 3.34. The maximum absolute atomic E-state index is 12.9. The highest BCUT2D eigenvalue weighted by Crippen LogP contribution is 2.46. The van der Waals surface area contributed by atoms with Crippen LogP contribution in [0.25, 0.3) is 0 Å². The third-order valence-electron chi connectivity index (χ3n) is 4.30. The van der Waals surface area contributed by atoms with Crippen LogP contribution >= 0.6 is 23.2 Å². The second-order valence-electron chi connectivity index (χ2n) is 6.15. The van der Waals surface area contributed by atoms with Crippen LogP contribution in [0.2, 0.25) is 10.0 Å². The average molecular weight is 381 g/mol. The Morgan fingerprint density at radius 3 is 2.60 bits per heavy atom. The van der Waals surface area contributed by atoms with E-state index in [1.807, 2.05) is 0 Å². The molecule has 7 heteroatoms. The van der Waals surface area contributed by atoms with Crippen LogP contribution in [0, 0.1) is 5.92 Å². The van der Waals surface area contributed by atoms with Crippen LogP contribution in [0.15, 0.2) is 24.5 Å². The van der Waals surface area contributed by atoms with Crippen molar-refractivity contribution in [2.75, 3.05) is 19.0 Å². The summed E-state index contributed by atoms with van der Waals surface area (Å²) in [6, 6.07) is 3.46. The molecule has 1 aliphatic heterocycles. The summed E-state index contributed by atoms with van der Waals surface area (Å²) >= 11 is 12.2. The van der Waals surface area contributed by atoms with Gasteiger partial charge >= 0.3 is 0 Å². The van der Waals surface area contributed by atoms with Crippen molar-refractivity contribution >= 4 is 34.8 Å². The van der Waals surface area contributed by atoms with E-state index in [1.54, 1.807) is 19.2 Å². The van der Waals surface area contributed by atoms with E-state index < -0.39 is 0 Å². The molecule has 1 aliphatic rings. The summed E-state index contributed by atoms with van der Waals surface area (Å²) in [6.07, 6.45) is 2.86. The lowest BCUT2D eigenvalue weighted by Crippen LogP contribution is -2.17. The number of anilines is 1. The van der Waals surface area contributed by atoms with E-state index >= 15 is 0 Å². The molecule has 2 heterocycles. The molecule has 132 valence electrons. The molecule has 0 saturated heterocycles. The summed E-state index contributed by atoms with van der Waals surface area (Å²) in [5.41, 5.74) is 1.72. The number of carbonyl (C=O) groups excluding carboxylic acids is 1. The van der Waals surface area contributed by atoms with Gasteiger partial charge in [-0.2, -0.15) is 0 Å². The minimum absolute atomic E-state index is 0.106.